The standard InChI is InChI=1S/C16H24N2O/c1-19-16-5-3-2-4-15(16)18-11-8-14(12-18)13-6-9-17-10-7-13/h2-5,13-14,17H,6-12H2,1H3. The molecule has 2 heterocycles. The molecule has 1 atom stereocenters. The lowest BCUT2D eigenvalue weighted by Crippen LogP contribution is -2.32. The lowest BCUT2D eigenvalue weighted by molar-refractivity contribution is 0.276. The Morgan fingerprint density at radius 3 is 2.68 bits per heavy atom. The molecule has 0 aliphatic carbocycles. The van der Waals surface area contributed by atoms with Gasteiger partial charge in [-0.1, -0.05) is 12.1 Å². The van der Waals surface area contributed by atoms with E-state index in [1.807, 2.05) is 6.07 Å². The van der Waals surface area contributed by atoms with Gasteiger partial charge in [0.25, 0.3) is 0 Å². The van der Waals surface area contributed by atoms with Crippen molar-refractivity contribution in [2.24, 2.45) is 11.8 Å². The predicted octanol–water partition coefficient (Wildman–Crippen LogP) is 2.52. The Labute approximate surface area is 115 Å². The van der Waals surface area contributed by atoms with E-state index in [1.165, 1.54) is 51.1 Å². The Bertz CT molecular complexity index is 415. The van der Waals surface area contributed by atoms with Gasteiger partial charge in [-0.3, -0.25) is 0 Å². The molecule has 1 unspecified atom stereocenters. The predicted molar refractivity (Wildman–Crippen MR) is 78.9 cm³/mol. The second-order valence-electron chi connectivity index (χ2n) is 5.75. The van der Waals surface area contributed by atoms with Gasteiger partial charge in [-0.25, -0.2) is 0 Å². The summed E-state index contributed by atoms with van der Waals surface area (Å²) in [7, 11) is 1.76. The molecule has 0 saturated carbocycles. The van der Waals surface area contributed by atoms with E-state index < -0.39 is 0 Å². The summed E-state index contributed by atoms with van der Waals surface area (Å²) < 4.78 is 5.49. The van der Waals surface area contributed by atoms with E-state index in [0.717, 1.165) is 17.6 Å². The lowest BCUT2D eigenvalue weighted by atomic mass is 9.84. The van der Waals surface area contributed by atoms with E-state index in [1.54, 1.807) is 7.11 Å². The van der Waals surface area contributed by atoms with E-state index in [-0.39, 0.29) is 0 Å². The third-order valence-corrected chi connectivity index (χ3v) is 4.70. The van der Waals surface area contributed by atoms with E-state index in [2.05, 4.69) is 28.4 Å². The molecule has 3 nitrogen and oxygen atoms in total. The summed E-state index contributed by atoms with van der Waals surface area (Å²) in [5.74, 6) is 2.79. The quantitative estimate of drug-likeness (QED) is 0.904. The van der Waals surface area contributed by atoms with Crippen LogP contribution < -0.4 is 15.0 Å². The normalized spacial score (nSPS) is 24.7. The minimum Gasteiger partial charge on any atom is -0.495 e. The number of anilines is 1. The summed E-state index contributed by atoms with van der Waals surface area (Å²) in [6.07, 6.45) is 4.04. The van der Waals surface area contributed by atoms with Crippen molar-refractivity contribution in [1.82, 2.24) is 5.32 Å². The van der Waals surface area contributed by atoms with Crippen LogP contribution in [-0.4, -0.2) is 33.3 Å². The van der Waals surface area contributed by atoms with Crippen molar-refractivity contribution in [3.8, 4) is 5.75 Å². The minimum absolute atomic E-state index is 0.868. The molecule has 1 N–H and O–H groups in total. The molecule has 0 bridgehead atoms. The highest BCUT2D eigenvalue weighted by Gasteiger charge is 2.31. The summed E-state index contributed by atoms with van der Waals surface area (Å²) in [6.45, 7) is 4.78. The van der Waals surface area contributed by atoms with Gasteiger partial charge in [-0.05, 0) is 56.3 Å². The Kier molecular flexibility index (Phi) is 3.92. The number of nitrogens with zero attached hydrogens (tertiary/aromatic N) is 1. The lowest BCUT2D eigenvalue weighted by Gasteiger charge is -2.28. The topological polar surface area (TPSA) is 24.5 Å². The van der Waals surface area contributed by atoms with Crippen LogP contribution in [0.1, 0.15) is 19.3 Å². The first kappa shape index (κ1) is 12.8. The Balaban J connectivity index is 1.67. The zero-order valence-electron chi connectivity index (χ0n) is 11.8. The highest BCUT2D eigenvalue weighted by atomic mass is 16.5. The van der Waals surface area contributed by atoms with Crippen molar-refractivity contribution in [1.29, 1.82) is 0 Å². The summed E-state index contributed by atoms with van der Waals surface area (Å²) in [5, 5.41) is 3.47. The average molecular weight is 260 g/mol. The van der Waals surface area contributed by atoms with Gasteiger partial charge in [0.15, 0.2) is 0 Å². The van der Waals surface area contributed by atoms with Crippen LogP contribution in [0.2, 0.25) is 0 Å². The summed E-state index contributed by atoms with van der Waals surface area (Å²) in [6, 6.07) is 8.40. The molecular formula is C16H24N2O. The van der Waals surface area contributed by atoms with Gasteiger partial charge in [0.05, 0.1) is 12.8 Å². The van der Waals surface area contributed by atoms with Gasteiger partial charge in [-0.2, -0.15) is 0 Å². The van der Waals surface area contributed by atoms with Crippen LogP contribution in [-0.2, 0) is 0 Å². The second kappa shape index (κ2) is 5.83. The maximum atomic E-state index is 5.49. The molecule has 1 aromatic carbocycles. The van der Waals surface area contributed by atoms with E-state index in [4.69, 9.17) is 4.74 Å². The van der Waals surface area contributed by atoms with Gasteiger partial charge in [-0.15, -0.1) is 0 Å². The molecule has 19 heavy (non-hydrogen) atoms. The monoisotopic (exact) mass is 260 g/mol. The van der Waals surface area contributed by atoms with E-state index in [9.17, 15) is 0 Å². The first-order chi connectivity index (χ1) is 9.38. The molecule has 0 amide bonds. The number of ether oxygens (including phenoxy) is 1. The zero-order chi connectivity index (χ0) is 13.1. The fraction of sp³-hybridized carbons (Fsp3) is 0.625. The van der Waals surface area contributed by atoms with Crippen molar-refractivity contribution in [2.45, 2.75) is 19.3 Å². The number of hydrogen-bond donors (Lipinski definition) is 1. The Hall–Kier alpha value is -1.22. The number of piperidine rings is 1. The van der Waals surface area contributed by atoms with Crippen molar-refractivity contribution in [2.75, 3.05) is 38.2 Å². The molecule has 2 aliphatic rings. The fourth-order valence-corrected chi connectivity index (χ4v) is 3.60. The van der Waals surface area contributed by atoms with Crippen molar-refractivity contribution in [3.63, 3.8) is 0 Å². The Morgan fingerprint density at radius 2 is 1.89 bits per heavy atom. The van der Waals surface area contributed by atoms with Crippen LogP contribution in [0.15, 0.2) is 24.3 Å². The zero-order valence-corrected chi connectivity index (χ0v) is 11.8. The van der Waals surface area contributed by atoms with Gasteiger partial charge in [0.2, 0.25) is 0 Å². The number of nitrogens with one attached hydrogen (secondary N) is 1. The molecule has 2 saturated heterocycles. The number of rotatable bonds is 3. The number of methoxy groups -OCH3 is 1. The van der Waals surface area contributed by atoms with Crippen LogP contribution in [0.25, 0.3) is 0 Å². The molecule has 104 valence electrons. The van der Waals surface area contributed by atoms with Gasteiger partial charge in [0.1, 0.15) is 5.75 Å². The average Bonchev–Trinajstić information content (AvgIpc) is 2.98. The van der Waals surface area contributed by atoms with Crippen molar-refractivity contribution >= 4 is 5.69 Å². The molecule has 0 radical (unpaired) electrons. The van der Waals surface area contributed by atoms with Gasteiger partial charge >= 0.3 is 0 Å². The maximum Gasteiger partial charge on any atom is 0.142 e. The highest BCUT2D eigenvalue weighted by molar-refractivity contribution is 5.59. The molecule has 0 spiro atoms. The molecule has 2 fully saturated rings. The van der Waals surface area contributed by atoms with Gasteiger partial charge < -0.3 is 15.0 Å². The summed E-state index contributed by atoms with van der Waals surface area (Å²) >= 11 is 0. The summed E-state index contributed by atoms with van der Waals surface area (Å²) in [4.78, 5) is 2.51. The van der Waals surface area contributed by atoms with Crippen LogP contribution in [0.3, 0.4) is 0 Å². The first-order valence-corrected chi connectivity index (χ1v) is 7.47. The largest absolute Gasteiger partial charge is 0.495 e. The third-order valence-electron chi connectivity index (χ3n) is 4.70. The SMILES string of the molecule is COc1ccccc1N1CCC(C2CCNCC2)C1. The molecule has 0 aromatic heterocycles. The molecule has 3 rings (SSSR count). The minimum atomic E-state index is 0.868. The van der Waals surface area contributed by atoms with Crippen molar-refractivity contribution < 1.29 is 4.74 Å². The van der Waals surface area contributed by atoms with Crippen LogP contribution in [0, 0.1) is 11.8 Å². The van der Waals surface area contributed by atoms with Crippen LogP contribution >= 0.6 is 0 Å². The molecule has 2 aliphatic heterocycles. The fourth-order valence-electron chi connectivity index (χ4n) is 3.60. The third kappa shape index (κ3) is 2.71. The molecular weight excluding hydrogens is 236 g/mol. The molecule has 1 aromatic rings. The van der Waals surface area contributed by atoms with Crippen molar-refractivity contribution in [3.05, 3.63) is 24.3 Å². The molecule has 3 heteroatoms. The van der Waals surface area contributed by atoms with E-state index in [0.29, 0.717) is 0 Å². The first-order valence-electron chi connectivity index (χ1n) is 7.47. The second-order valence-corrected chi connectivity index (χ2v) is 5.75. The van der Waals surface area contributed by atoms with Gasteiger partial charge in [0, 0.05) is 13.1 Å². The van der Waals surface area contributed by atoms with E-state index >= 15 is 0 Å². The Morgan fingerprint density at radius 1 is 1.11 bits per heavy atom. The maximum absolute atomic E-state index is 5.49. The number of hydrogen-bond acceptors (Lipinski definition) is 3. The van der Waals surface area contributed by atoms with Crippen LogP contribution in [0.4, 0.5) is 5.69 Å². The summed E-state index contributed by atoms with van der Waals surface area (Å²) in [5.41, 5.74) is 1.27. The number of benzene rings is 1. The number of para-hydroxylation sites is 2. The van der Waals surface area contributed by atoms with Crippen LogP contribution in [0.5, 0.6) is 5.75 Å². The smallest absolute Gasteiger partial charge is 0.142 e. The highest BCUT2D eigenvalue weighted by Crippen LogP contribution is 2.36.